The first kappa shape index (κ1) is 17.0. The minimum absolute atomic E-state index is 0.167. The number of carbonyl (C=O) groups excluding carboxylic acids is 1. The molecule has 1 amide bonds. The molecule has 2 unspecified atom stereocenters. The van der Waals surface area contributed by atoms with Crippen LogP contribution >= 0.6 is 0 Å². The Morgan fingerprint density at radius 3 is 2.83 bits per heavy atom. The lowest BCUT2D eigenvalue weighted by Gasteiger charge is -2.31. The van der Waals surface area contributed by atoms with Gasteiger partial charge in [-0.3, -0.25) is 4.79 Å². The minimum atomic E-state index is -0.243. The molecule has 130 valence electrons. The molecule has 0 radical (unpaired) electrons. The number of hydrogen-bond acceptors (Lipinski definition) is 2. The second kappa shape index (κ2) is 7.39. The van der Waals surface area contributed by atoms with Crippen LogP contribution in [0.25, 0.3) is 10.9 Å². The topological polar surface area (TPSA) is 45.5 Å². The zero-order valence-electron chi connectivity index (χ0n) is 14.7. The number of benzene rings is 1. The summed E-state index contributed by atoms with van der Waals surface area (Å²) in [6, 6.07) is 8.32. The van der Waals surface area contributed by atoms with E-state index in [4.69, 9.17) is 0 Å². The Hall–Kier alpha value is -1.81. The van der Waals surface area contributed by atoms with E-state index in [0.717, 1.165) is 25.7 Å². The molecule has 0 bridgehead atoms. The molecule has 1 N–H and O–H groups in total. The fourth-order valence-corrected chi connectivity index (χ4v) is 3.91. The van der Waals surface area contributed by atoms with Crippen LogP contribution in [0.2, 0.25) is 0 Å². The molecule has 1 fully saturated rings. The summed E-state index contributed by atoms with van der Waals surface area (Å²) in [6.07, 6.45) is 7.35. The van der Waals surface area contributed by atoms with Crippen molar-refractivity contribution in [2.45, 2.75) is 44.6 Å². The zero-order valence-corrected chi connectivity index (χ0v) is 14.7. The first-order valence-electron chi connectivity index (χ1n) is 9.01. The van der Waals surface area contributed by atoms with E-state index in [0.29, 0.717) is 13.0 Å². The van der Waals surface area contributed by atoms with Crippen LogP contribution < -0.4 is 0 Å². The molecule has 1 aromatic heterocycles. The normalized spacial score (nSPS) is 21.1. The Labute approximate surface area is 144 Å². The SMILES string of the molecule is CN(CC1CCCCC1O)C(=O)CCc1cn(C)c2ccccc12. The summed E-state index contributed by atoms with van der Waals surface area (Å²) in [4.78, 5) is 14.3. The van der Waals surface area contributed by atoms with Crippen molar-refractivity contribution in [2.75, 3.05) is 13.6 Å². The van der Waals surface area contributed by atoms with Crippen molar-refractivity contribution >= 4 is 16.8 Å². The number of fused-ring (bicyclic) bond motifs is 1. The average molecular weight is 328 g/mol. The molecule has 0 spiro atoms. The second-order valence-electron chi connectivity index (χ2n) is 7.17. The summed E-state index contributed by atoms with van der Waals surface area (Å²) in [6.45, 7) is 0.676. The van der Waals surface area contributed by atoms with Gasteiger partial charge in [-0.2, -0.15) is 0 Å². The van der Waals surface area contributed by atoms with E-state index in [2.05, 4.69) is 22.9 Å². The van der Waals surface area contributed by atoms with Gasteiger partial charge in [0.15, 0.2) is 0 Å². The molecule has 1 aliphatic carbocycles. The van der Waals surface area contributed by atoms with E-state index < -0.39 is 0 Å². The molecule has 1 saturated carbocycles. The number of aliphatic hydroxyl groups excluding tert-OH is 1. The Bertz CT molecular complexity index is 707. The standard InChI is InChI=1S/C20H28N2O2/c1-21-13-15(17-8-4-5-9-18(17)21)11-12-20(24)22(2)14-16-7-3-6-10-19(16)23/h4-5,8-9,13,16,19,23H,3,6-7,10-12,14H2,1-2H3. The predicted molar refractivity (Wildman–Crippen MR) is 96.8 cm³/mol. The molecule has 1 aromatic carbocycles. The molecule has 3 rings (SSSR count). The van der Waals surface area contributed by atoms with Crippen LogP contribution in [-0.4, -0.2) is 40.2 Å². The van der Waals surface area contributed by atoms with Crippen LogP contribution in [0.4, 0.5) is 0 Å². The molecule has 24 heavy (non-hydrogen) atoms. The first-order valence-corrected chi connectivity index (χ1v) is 9.01. The third-order valence-electron chi connectivity index (χ3n) is 5.39. The van der Waals surface area contributed by atoms with E-state index in [9.17, 15) is 9.90 Å². The lowest BCUT2D eigenvalue weighted by atomic mass is 9.86. The van der Waals surface area contributed by atoms with E-state index in [1.54, 1.807) is 0 Å². The fraction of sp³-hybridized carbons (Fsp3) is 0.550. The predicted octanol–water partition coefficient (Wildman–Crippen LogP) is 3.12. The lowest BCUT2D eigenvalue weighted by molar-refractivity contribution is -0.131. The van der Waals surface area contributed by atoms with Gasteiger partial charge in [-0.05, 0) is 30.9 Å². The van der Waals surface area contributed by atoms with Crippen LogP contribution in [0.3, 0.4) is 0 Å². The lowest BCUT2D eigenvalue weighted by Crippen LogP contribution is -2.38. The van der Waals surface area contributed by atoms with Crippen molar-refractivity contribution in [1.29, 1.82) is 0 Å². The number of hydrogen-bond donors (Lipinski definition) is 1. The number of aryl methyl sites for hydroxylation is 2. The van der Waals surface area contributed by atoms with Gasteiger partial charge in [0.1, 0.15) is 0 Å². The Kier molecular flexibility index (Phi) is 5.24. The highest BCUT2D eigenvalue weighted by Crippen LogP contribution is 2.25. The van der Waals surface area contributed by atoms with E-state index in [-0.39, 0.29) is 17.9 Å². The Morgan fingerprint density at radius 1 is 1.29 bits per heavy atom. The quantitative estimate of drug-likeness (QED) is 0.916. The molecule has 0 aliphatic heterocycles. The summed E-state index contributed by atoms with van der Waals surface area (Å²) in [5, 5.41) is 11.3. The van der Waals surface area contributed by atoms with Gasteiger partial charge in [0.25, 0.3) is 0 Å². The van der Waals surface area contributed by atoms with Crippen LogP contribution in [0, 0.1) is 5.92 Å². The molecule has 2 atom stereocenters. The molecular formula is C20H28N2O2. The summed E-state index contributed by atoms with van der Waals surface area (Å²) < 4.78 is 2.12. The van der Waals surface area contributed by atoms with Crippen molar-refractivity contribution in [2.24, 2.45) is 13.0 Å². The van der Waals surface area contributed by atoms with Gasteiger partial charge < -0.3 is 14.6 Å². The summed E-state index contributed by atoms with van der Waals surface area (Å²) in [5.41, 5.74) is 2.44. The fourth-order valence-electron chi connectivity index (χ4n) is 3.91. The van der Waals surface area contributed by atoms with Gasteiger partial charge in [-0.25, -0.2) is 0 Å². The molecular weight excluding hydrogens is 300 g/mol. The van der Waals surface area contributed by atoms with E-state index >= 15 is 0 Å². The highest BCUT2D eigenvalue weighted by atomic mass is 16.3. The number of amides is 1. The summed E-state index contributed by atoms with van der Waals surface area (Å²) in [7, 11) is 3.91. The van der Waals surface area contributed by atoms with Crippen molar-refractivity contribution < 1.29 is 9.90 Å². The maximum atomic E-state index is 12.5. The third kappa shape index (κ3) is 3.64. The molecule has 1 heterocycles. The number of rotatable bonds is 5. The molecule has 1 aliphatic rings. The largest absolute Gasteiger partial charge is 0.393 e. The number of aliphatic hydroxyl groups is 1. The minimum Gasteiger partial charge on any atom is -0.393 e. The average Bonchev–Trinajstić information content (AvgIpc) is 2.91. The van der Waals surface area contributed by atoms with Gasteiger partial charge in [-0.15, -0.1) is 0 Å². The monoisotopic (exact) mass is 328 g/mol. The molecule has 0 saturated heterocycles. The Balaban J connectivity index is 1.58. The number of aromatic nitrogens is 1. The van der Waals surface area contributed by atoms with Crippen molar-refractivity contribution in [3.8, 4) is 0 Å². The number of nitrogens with zero attached hydrogens (tertiary/aromatic N) is 2. The van der Waals surface area contributed by atoms with Gasteiger partial charge in [0.2, 0.25) is 5.91 Å². The molecule has 4 nitrogen and oxygen atoms in total. The smallest absolute Gasteiger partial charge is 0.222 e. The maximum Gasteiger partial charge on any atom is 0.222 e. The van der Waals surface area contributed by atoms with Crippen LogP contribution in [0.5, 0.6) is 0 Å². The van der Waals surface area contributed by atoms with Crippen LogP contribution in [0.15, 0.2) is 30.5 Å². The second-order valence-corrected chi connectivity index (χ2v) is 7.17. The van der Waals surface area contributed by atoms with Crippen molar-refractivity contribution in [3.63, 3.8) is 0 Å². The summed E-state index contributed by atoms with van der Waals surface area (Å²) >= 11 is 0. The van der Waals surface area contributed by atoms with E-state index in [1.165, 1.54) is 22.9 Å². The zero-order chi connectivity index (χ0) is 17.1. The van der Waals surface area contributed by atoms with Crippen molar-refractivity contribution in [1.82, 2.24) is 9.47 Å². The van der Waals surface area contributed by atoms with Crippen LogP contribution in [0.1, 0.15) is 37.7 Å². The highest BCUT2D eigenvalue weighted by Gasteiger charge is 2.25. The first-order chi connectivity index (χ1) is 11.6. The Morgan fingerprint density at radius 2 is 2.04 bits per heavy atom. The maximum absolute atomic E-state index is 12.5. The molecule has 2 aromatic rings. The summed E-state index contributed by atoms with van der Waals surface area (Å²) in [5.74, 6) is 0.408. The number of para-hydroxylation sites is 1. The van der Waals surface area contributed by atoms with Gasteiger partial charge in [-0.1, -0.05) is 31.0 Å². The number of carbonyl (C=O) groups is 1. The van der Waals surface area contributed by atoms with E-state index in [1.807, 2.05) is 31.1 Å². The van der Waals surface area contributed by atoms with Gasteiger partial charge in [0, 0.05) is 50.1 Å². The van der Waals surface area contributed by atoms with Crippen molar-refractivity contribution in [3.05, 3.63) is 36.0 Å². The van der Waals surface area contributed by atoms with Crippen LogP contribution in [-0.2, 0) is 18.3 Å². The highest BCUT2D eigenvalue weighted by molar-refractivity contribution is 5.84. The van der Waals surface area contributed by atoms with Gasteiger partial charge >= 0.3 is 0 Å². The third-order valence-corrected chi connectivity index (χ3v) is 5.39. The van der Waals surface area contributed by atoms with Gasteiger partial charge in [0.05, 0.1) is 6.10 Å². The molecule has 4 heteroatoms.